The molecule has 130 valence electrons. The third kappa shape index (κ3) is 5.69. The zero-order valence-electron chi connectivity index (χ0n) is 13.1. The Labute approximate surface area is 150 Å². The molecule has 0 unspecified atom stereocenters. The number of nitrogens with zero attached hydrogens (tertiary/aromatic N) is 1. The van der Waals surface area contributed by atoms with Gasteiger partial charge in [0.05, 0.1) is 16.5 Å². The van der Waals surface area contributed by atoms with Crippen LogP contribution in [0.15, 0.2) is 18.2 Å². The fourth-order valence-electron chi connectivity index (χ4n) is 2.44. The van der Waals surface area contributed by atoms with Gasteiger partial charge in [-0.3, -0.25) is 25.2 Å². The zero-order valence-corrected chi connectivity index (χ0v) is 14.6. The summed E-state index contributed by atoms with van der Waals surface area (Å²) in [6.45, 7) is 0.523. The van der Waals surface area contributed by atoms with E-state index in [1.807, 2.05) is 0 Å². The minimum absolute atomic E-state index is 0.0233. The molecular weight excluding hydrogens is 353 g/mol. The molecule has 1 heterocycles. The van der Waals surface area contributed by atoms with Crippen LogP contribution in [0.4, 0.5) is 0 Å². The van der Waals surface area contributed by atoms with E-state index in [2.05, 4.69) is 10.9 Å². The lowest BCUT2D eigenvalue weighted by Crippen LogP contribution is -2.48. The van der Waals surface area contributed by atoms with E-state index in [0.717, 1.165) is 19.3 Å². The summed E-state index contributed by atoms with van der Waals surface area (Å²) in [5.74, 6) is -0.832. The van der Waals surface area contributed by atoms with Crippen LogP contribution in [0.2, 0.25) is 10.0 Å². The highest BCUT2D eigenvalue weighted by atomic mass is 35.5. The average Bonchev–Trinajstić information content (AvgIpc) is 2.74. The predicted molar refractivity (Wildman–Crippen MR) is 91.5 cm³/mol. The largest absolute Gasteiger partial charge is 0.333 e. The maximum atomic E-state index is 11.9. The number of carbonyl (C=O) groups excluding carboxylic acids is 3. The number of hydrogen-bond donors (Lipinski definition) is 2. The van der Waals surface area contributed by atoms with Gasteiger partial charge in [0.2, 0.25) is 11.8 Å². The molecule has 1 aliphatic heterocycles. The minimum Gasteiger partial charge on any atom is -0.333 e. The normalized spacial score (nSPS) is 14.9. The number of hydrazine groups is 1. The summed E-state index contributed by atoms with van der Waals surface area (Å²) in [6.07, 6.45) is 3.26. The fraction of sp³-hybridized carbons (Fsp3) is 0.438. The summed E-state index contributed by atoms with van der Waals surface area (Å²) in [5.41, 5.74) is 5.34. The van der Waals surface area contributed by atoms with Crippen LogP contribution in [0.3, 0.4) is 0 Å². The topological polar surface area (TPSA) is 78.5 Å². The van der Waals surface area contributed by atoms with E-state index in [1.165, 1.54) is 4.90 Å². The number of carbonyl (C=O) groups is 3. The molecule has 1 aromatic carbocycles. The zero-order chi connectivity index (χ0) is 17.5. The lowest BCUT2D eigenvalue weighted by Gasteiger charge is -2.19. The second kappa shape index (κ2) is 8.89. The maximum Gasteiger partial charge on any atom is 0.257 e. The number of hydrogen-bond acceptors (Lipinski definition) is 3. The van der Waals surface area contributed by atoms with Gasteiger partial charge < -0.3 is 4.90 Å². The van der Waals surface area contributed by atoms with Crippen LogP contribution in [0.25, 0.3) is 0 Å². The van der Waals surface area contributed by atoms with E-state index in [-0.39, 0.29) is 24.8 Å². The van der Waals surface area contributed by atoms with E-state index in [4.69, 9.17) is 23.2 Å². The summed E-state index contributed by atoms with van der Waals surface area (Å²) in [5, 5.41) is 0.780. The van der Waals surface area contributed by atoms with Gasteiger partial charge in [-0.05, 0) is 30.5 Å². The Balaban J connectivity index is 1.77. The van der Waals surface area contributed by atoms with E-state index in [1.54, 1.807) is 18.2 Å². The van der Waals surface area contributed by atoms with Crippen molar-refractivity contribution < 1.29 is 14.4 Å². The summed E-state index contributed by atoms with van der Waals surface area (Å²) in [6, 6.07) is 4.89. The van der Waals surface area contributed by atoms with Gasteiger partial charge in [0.1, 0.15) is 6.54 Å². The van der Waals surface area contributed by atoms with Crippen LogP contribution in [0, 0.1) is 0 Å². The summed E-state index contributed by atoms with van der Waals surface area (Å²) < 4.78 is 0. The van der Waals surface area contributed by atoms with Crippen LogP contribution in [-0.2, 0) is 20.8 Å². The van der Waals surface area contributed by atoms with Gasteiger partial charge in [0, 0.05) is 13.0 Å². The number of nitrogens with one attached hydrogen (secondary N) is 2. The highest BCUT2D eigenvalue weighted by molar-refractivity contribution is 6.42. The van der Waals surface area contributed by atoms with E-state index in [9.17, 15) is 14.4 Å². The summed E-state index contributed by atoms with van der Waals surface area (Å²) in [4.78, 5) is 37.1. The second-order valence-corrected chi connectivity index (χ2v) is 6.46. The Bertz CT molecular complexity index is 637. The second-order valence-electron chi connectivity index (χ2n) is 5.65. The Morgan fingerprint density at radius 1 is 1.04 bits per heavy atom. The molecule has 0 saturated carbocycles. The molecule has 24 heavy (non-hydrogen) atoms. The van der Waals surface area contributed by atoms with Gasteiger partial charge in [0.15, 0.2) is 0 Å². The summed E-state index contributed by atoms with van der Waals surface area (Å²) >= 11 is 11.7. The van der Waals surface area contributed by atoms with Crippen LogP contribution in [0.5, 0.6) is 0 Å². The van der Waals surface area contributed by atoms with Crippen molar-refractivity contribution in [3.63, 3.8) is 0 Å². The Kier molecular flexibility index (Phi) is 6.87. The SMILES string of the molecule is O=C(Cc1ccc(Cl)c(Cl)c1)NNC(=O)CN1CCCCCC1=O. The standard InChI is InChI=1S/C16H19Cl2N3O3/c17-12-6-5-11(8-13(12)18)9-14(22)19-20-15(23)10-21-7-3-1-2-4-16(21)24/h5-6,8H,1-4,7,9-10H2,(H,19,22)(H,20,23). The molecule has 2 rings (SSSR count). The van der Waals surface area contributed by atoms with Crippen molar-refractivity contribution in [2.75, 3.05) is 13.1 Å². The van der Waals surface area contributed by atoms with E-state index < -0.39 is 5.91 Å². The van der Waals surface area contributed by atoms with Crippen molar-refractivity contribution in [1.29, 1.82) is 0 Å². The Morgan fingerprint density at radius 2 is 1.79 bits per heavy atom. The molecule has 8 heteroatoms. The highest BCUT2D eigenvalue weighted by Gasteiger charge is 2.19. The Hall–Kier alpha value is -1.79. The Morgan fingerprint density at radius 3 is 2.54 bits per heavy atom. The fourth-order valence-corrected chi connectivity index (χ4v) is 2.76. The van der Waals surface area contributed by atoms with Crippen LogP contribution in [0.1, 0.15) is 31.2 Å². The molecule has 0 aromatic heterocycles. The number of likely N-dealkylation sites (tertiary alicyclic amines) is 1. The number of rotatable bonds is 4. The third-order valence-electron chi connectivity index (χ3n) is 3.70. The van der Waals surface area contributed by atoms with Crippen molar-refractivity contribution in [2.45, 2.75) is 32.1 Å². The molecule has 1 saturated heterocycles. The van der Waals surface area contributed by atoms with Crippen LogP contribution >= 0.6 is 23.2 Å². The van der Waals surface area contributed by atoms with Crippen molar-refractivity contribution in [3.05, 3.63) is 33.8 Å². The molecule has 0 spiro atoms. The highest BCUT2D eigenvalue weighted by Crippen LogP contribution is 2.22. The van der Waals surface area contributed by atoms with Gasteiger partial charge in [-0.1, -0.05) is 35.7 Å². The third-order valence-corrected chi connectivity index (χ3v) is 4.43. The van der Waals surface area contributed by atoms with Crippen molar-refractivity contribution in [1.82, 2.24) is 15.8 Å². The van der Waals surface area contributed by atoms with Gasteiger partial charge in [0.25, 0.3) is 5.91 Å². The van der Waals surface area contributed by atoms with E-state index in [0.29, 0.717) is 28.6 Å². The molecule has 0 atom stereocenters. The number of benzene rings is 1. The van der Waals surface area contributed by atoms with Gasteiger partial charge >= 0.3 is 0 Å². The number of halogens is 2. The van der Waals surface area contributed by atoms with E-state index >= 15 is 0 Å². The molecule has 0 aliphatic carbocycles. The molecule has 2 N–H and O–H groups in total. The molecule has 0 bridgehead atoms. The van der Waals surface area contributed by atoms with Crippen molar-refractivity contribution in [2.24, 2.45) is 0 Å². The monoisotopic (exact) mass is 371 g/mol. The van der Waals surface area contributed by atoms with Crippen LogP contribution < -0.4 is 10.9 Å². The first-order valence-corrected chi connectivity index (χ1v) is 8.50. The van der Waals surface area contributed by atoms with Gasteiger partial charge in [-0.25, -0.2) is 0 Å². The molecule has 1 fully saturated rings. The molecule has 1 aliphatic rings. The summed E-state index contributed by atoms with van der Waals surface area (Å²) in [7, 11) is 0. The molecule has 3 amide bonds. The van der Waals surface area contributed by atoms with Crippen molar-refractivity contribution >= 4 is 40.9 Å². The lowest BCUT2D eigenvalue weighted by molar-refractivity contribution is -0.136. The minimum atomic E-state index is -0.423. The average molecular weight is 372 g/mol. The quantitative estimate of drug-likeness (QED) is 0.795. The van der Waals surface area contributed by atoms with Crippen molar-refractivity contribution in [3.8, 4) is 0 Å². The molecule has 1 aromatic rings. The first kappa shape index (κ1) is 18.5. The molecular formula is C16H19Cl2N3O3. The first-order valence-electron chi connectivity index (χ1n) is 7.75. The first-order chi connectivity index (χ1) is 11.5. The van der Waals surface area contributed by atoms with Crippen LogP contribution in [-0.4, -0.2) is 35.7 Å². The smallest absolute Gasteiger partial charge is 0.257 e. The number of amides is 3. The van der Waals surface area contributed by atoms with Gasteiger partial charge in [-0.2, -0.15) is 0 Å². The lowest BCUT2D eigenvalue weighted by atomic mass is 10.1. The molecule has 0 radical (unpaired) electrons. The maximum absolute atomic E-state index is 11.9. The van der Waals surface area contributed by atoms with Gasteiger partial charge in [-0.15, -0.1) is 0 Å². The molecule has 6 nitrogen and oxygen atoms in total. The predicted octanol–water partition coefficient (Wildman–Crippen LogP) is 2.09.